The number of likely N-dealkylation sites (tertiary alicyclic amines) is 1. The van der Waals surface area contributed by atoms with Crippen molar-refractivity contribution in [1.82, 2.24) is 9.80 Å². The fraction of sp³-hybridized carbons (Fsp3) is 0.550. The minimum absolute atomic E-state index is 0. The van der Waals surface area contributed by atoms with E-state index in [9.17, 15) is 4.79 Å². The first-order valence-electron chi connectivity index (χ1n) is 9.20. The number of halogens is 3. The minimum atomic E-state index is 0. The van der Waals surface area contributed by atoms with Crippen LogP contribution in [0.25, 0.3) is 6.08 Å². The van der Waals surface area contributed by atoms with Crippen molar-refractivity contribution in [3.05, 3.63) is 39.9 Å². The Morgan fingerprint density at radius 1 is 1.12 bits per heavy atom. The van der Waals surface area contributed by atoms with Gasteiger partial charge in [0.2, 0.25) is 5.91 Å². The Bertz CT molecular complexity index is 644. The zero-order valence-corrected chi connectivity index (χ0v) is 17.5. The fourth-order valence-electron chi connectivity index (χ4n) is 4.11. The van der Waals surface area contributed by atoms with E-state index in [1.165, 1.54) is 45.2 Å². The lowest BCUT2D eigenvalue weighted by Gasteiger charge is -2.42. The van der Waals surface area contributed by atoms with E-state index in [4.69, 9.17) is 23.2 Å². The van der Waals surface area contributed by atoms with Crippen molar-refractivity contribution in [3.63, 3.8) is 0 Å². The van der Waals surface area contributed by atoms with Crippen LogP contribution in [0.1, 0.15) is 44.1 Å². The van der Waals surface area contributed by atoms with Gasteiger partial charge in [0.25, 0.3) is 0 Å². The number of amides is 1. The normalized spacial score (nSPS) is 23.8. The highest BCUT2D eigenvalue weighted by molar-refractivity contribution is 6.42. The average molecular weight is 418 g/mol. The summed E-state index contributed by atoms with van der Waals surface area (Å²) in [6.07, 6.45) is 10.8. The Morgan fingerprint density at radius 2 is 1.81 bits per heavy atom. The summed E-state index contributed by atoms with van der Waals surface area (Å²) >= 11 is 12.0. The Labute approximate surface area is 172 Å². The molecule has 0 N–H and O–H groups in total. The molecule has 1 saturated carbocycles. The fourth-order valence-corrected chi connectivity index (χ4v) is 4.41. The Balaban J connectivity index is 0.00000243. The second kappa shape index (κ2) is 9.98. The van der Waals surface area contributed by atoms with Gasteiger partial charge in [-0.3, -0.25) is 9.69 Å². The molecular formula is C20H27Cl3N2O. The van der Waals surface area contributed by atoms with Crippen molar-refractivity contribution in [2.45, 2.75) is 50.6 Å². The van der Waals surface area contributed by atoms with Gasteiger partial charge in [0.1, 0.15) is 0 Å². The lowest BCUT2D eigenvalue weighted by Crippen LogP contribution is -2.52. The molecule has 0 radical (unpaired) electrons. The van der Waals surface area contributed by atoms with Gasteiger partial charge in [-0.25, -0.2) is 0 Å². The van der Waals surface area contributed by atoms with E-state index in [0.29, 0.717) is 22.1 Å². The number of hydrogen-bond donors (Lipinski definition) is 0. The smallest absolute Gasteiger partial charge is 0.246 e. The third kappa shape index (κ3) is 5.16. The molecular weight excluding hydrogens is 391 g/mol. The third-order valence-corrected chi connectivity index (χ3v) is 6.25. The predicted molar refractivity (Wildman–Crippen MR) is 112 cm³/mol. The summed E-state index contributed by atoms with van der Waals surface area (Å²) in [6, 6.07) is 6.23. The van der Waals surface area contributed by atoms with Gasteiger partial charge in [-0.15, -0.1) is 12.4 Å². The second-order valence-electron chi connectivity index (χ2n) is 7.12. The van der Waals surface area contributed by atoms with Crippen molar-refractivity contribution in [1.29, 1.82) is 0 Å². The highest BCUT2D eigenvalue weighted by Gasteiger charge is 2.34. The first kappa shape index (κ1) is 21.6. The van der Waals surface area contributed by atoms with Crippen LogP contribution in [0.4, 0.5) is 0 Å². The summed E-state index contributed by atoms with van der Waals surface area (Å²) in [6.45, 7) is 2.37. The summed E-state index contributed by atoms with van der Waals surface area (Å²) in [5.41, 5.74) is 0.885. The Hall–Kier alpha value is -0.740. The first-order valence-corrected chi connectivity index (χ1v) is 9.96. The highest BCUT2D eigenvalue weighted by atomic mass is 35.5. The molecule has 1 aromatic carbocycles. The van der Waals surface area contributed by atoms with Gasteiger partial charge in [0.15, 0.2) is 0 Å². The number of carbonyl (C=O) groups excluding carboxylic acids is 1. The summed E-state index contributed by atoms with van der Waals surface area (Å²) < 4.78 is 0. The van der Waals surface area contributed by atoms with Gasteiger partial charge in [-0.1, -0.05) is 42.1 Å². The van der Waals surface area contributed by atoms with Crippen LogP contribution in [0.3, 0.4) is 0 Å². The summed E-state index contributed by atoms with van der Waals surface area (Å²) in [5, 5.41) is 1.03. The van der Waals surface area contributed by atoms with E-state index in [0.717, 1.165) is 12.0 Å². The van der Waals surface area contributed by atoms with Crippen LogP contribution in [0.2, 0.25) is 10.0 Å². The molecule has 0 spiro atoms. The maximum absolute atomic E-state index is 12.7. The SMILES string of the molecule is CN(C(=O)/C=C/c1ccc(Cl)c(Cl)c1)C1CCCCC1N1CCCC1.Cl. The van der Waals surface area contributed by atoms with E-state index in [2.05, 4.69) is 4.90 Å². The summed E-state index contributed by atoms with van der Waals surface area (Å²) in [5.74, 6) is 0.0576. The zero-order chi connectivity index (χ0) is 17.8. The number of benzene rings is 1. The molecule has 1 aliphatic carbocycles. The zero-order valence-electron chi connectivity index (χ0n) is 15.2. The van der Waals surface area contributed by atoms with Crippen LogP contribution in [0, 0.1) is 0 Å². The van der Waals surface area contributed by atoms with Gasteiger partial charge in [-0.2, -0.15) is 0 Å². The molecule has 0 bridgehead atoms. The molecule has 144 valence electrons. The van der Waals surface area contributed by atoms with Gasteiger partial charge in [-0.05, 0) is 62.5 Å². The molecule has 2 aliphatic rings. The van der Waals surface area contributed by atoms with E-state index in [-0.39, 0.29) is 18.3 Å². The molecule has 3 nitrogen and oxygen atoms in total. The molecule has 1 amide bonds. The molecule has 26 heavy (non-hydrogen) atoms. The number of nitrogens with zero attached hydrogens (tertiary/aromatic N) is 2. The molecule has 2 atom stereocenters. The highest BCUT2D eigenvalue weighted by Crippen LogP contribution is 2.29. The van der Waals surface area contributed by atoms with Crippen LogP contribution in [0.15, 0.2) is 24.3 Å². The van der Waals surface area contributed by atoms with E-state index in [1.54, 1.807) is 18.2 Å². The van der Waals surface area contributed by atoms with E-state index < -0.39 is 0 Å². The third-order valence-electron chi connectivity index (χ3n) is 5.51. The van der Waals surface area contributed by atoms with Crippen LogP contribution >= 0.6 is 35.6 Å². The average Bonchev–Trinajstić information content (AvgIpc) is 3.16. The van der Waals surface area contributed by atoms with Crippen LogP contribution in [-0.4, -0.2) is 47.9 Å². The van der Waals surface area contributed by atoms with Crippen molar-refractivity contribution >= 4 is 47.6 Å². The molecule has 1 aromatic rings. The van der Waals surface area contributed by atoms with Crippen molar-refractivity contribution < 1.29 is 4.79 Å². The molecule has 2 fully saturated rings. The molecule has 6 heteroatoms. The summed E-state index contributed by atoms with van der Waals surface area (Å²) in [4.78, 5) is 17.2. The van der Waals surface area contributed by atoms with Crippen LogP contribution in [0.5, 0.6) is 0 Å². The summed E-state index contributed by atoms with van der Waals surface area (Å²) in [7, 11) is 1.95. The number of rotatable bonds is 4. The van der Waals surface area contributed by atoms with Crippen molar-refractivity contribution in [2.24, 2.45) is 0 Å². The Kier molecular flexibility index (Phi) is 8.28. The molecule has 3 rings (SSSR count). The number of likely N-dealkylation sites (N-methyl/N-ethyl adjacent to an activating group) is 1. The van der Waals surface area contributed by atoms with Gasteiger partial charge < -0.3 is 4.90 Å². The van der Waals surface area contributed by atoms with Gasteiger partial charge >= 0.3 is 0 Å². The standard InChI is InChI=1S/C20H26Cl2N2O.ClH/c1-23(18-6-2-3-7-19(18)24-12-4-5-13-24)20(25)11-9-15-8-10-16(21)17(22)14-15;/h8-11,14,18-19H,2-7,12-13H2,1H3;1H/b11-9+;. The number of hydrogen-bond acceptors (Lipinski definition) is 2. The lowest BCUT2D eigenvalue weighted by atomic mass is 9.88. The van der Waals surface area contributed by atoms with Crippen molar-refractivity contribution in [3.8, 4) is 0 Å². The molecule has 0 aromatic heterocycles. The lowest BCUT2D eigenvalue weighted by molar-refractivity contribution is -0.128. The largest absolute Gasteiger partial charge is 0.338 e. The number of carbonyl (C=O) groups is 1. The maximum Gasteiger partial charge on any atom is 0.246 e. The monoisotopic (exact) mass is 416 g/mol. The van der Waals surface area contributed by atoms with Crippen molar-refractivity contribution in [2.75, 3.05) is 20.1 Å². The van der Waals surface area contributed by atoms with E-state index in [1.807, 2.05) is 24.1 Å². The molecule has 2 unspecified atom stereocenters. The molecule has 1 heterocycles. The Morgan fingerprint density at radius 3 is 2.50 bits per heavy atom. The minimum Gasteiger partial charge on any atom is -0.338 e. The topological polar surface area (TPSA) is 23.6 Å². The van der Waals surface area contributed by atoms with Gasteiger partial charge in [0.05, 0.1) is 10.0 Å². The first-order chi connectivity index (χ1) is 12.1. The second-order valence-corrected chi connectivity index (χ2v) is 7.93. The van der Waals surface area contributed by atoms with Gasteiger partial charge in [0, 0.05) is 25.2 Å². The maximum atomic E-state index is 12.7. The molecule has 1 aliphatic heterocycles. The predicted octanol–water partition coefficient (Wildman–Crippen LogP) is 5.29. The van der Waals surface area contributed by atoms with E-state index >= 15 is 0 Å². The van der Waals surface area contributed by atoms with Crippen LogP contribution in [-0.2, 0) is 4.79 Å². The van der Waals surface area contributed by atoms with Crippen LogP contribution < -0.4 is 0 Å². The molecule has 1 saturated heterocycles. The quantitative estimate of drug-likeness (QED) is 0.621.